The van der Waals surface area contributed by atoms with Crippen molar-refractivity contribution in [1.82, 2.24) is 30.3 Å². The summed E-state index contributed by atoms with van der Waals surface area (Å²) in [5.74, 6) is 3.63. The van der Waals surface area contributed by atoms with E-state index in [2.05, 4.69) is 37.2 Å². The monoisotopic (exact) mass is 503 g/mol. The number of hydrogen-bond acceptors (Lipinski definition) is 4. The van der Waals surface area contributed by atoms with Gasteiger partial charge in [-0.2, -0.15) is 0 Å². The zero-order valence-corrected chi connectivity index (χ0v) is 19.4. The minimum absolute atomic E-state index is 0. The Morgan fingerprint density at radius 1 is 1.18 bits per heavy atom. The molecule has 1 fully saturated rings. The van der Waals surface area contributed by atoms with Gasteiger partial charge in [0.25, 0.3) is 0 Å². The second-order valence-corrected chi connectivity index (χ2v) is 7.47. The van der Waals surface area contributed by atoms with Crippen LogP contribution in [-0.2, 0) is 24.3 Å². The summed E-state index contributed by atoms with van der Waals surface area (Å²) in [6.07, 6.45) is 7.37. The Morgan fingerprint density at radius 3 is 2.68 bits per heavy atom. The Morgan fingerprint density at radius 2 is 1.96 bits per heavy atom. The number of fused-ring (bicyclic) bond motifs is 1. The molecule has 2 aliphatic rings. The summed E-state index contributed by atoms with van der Waals surface area (Å²) >= 11 is 0. The van der Waals surface area contributed by atoms with Crippen LogP contribution in [0.5, 0.6) is 0 Å². The van der Waals surface area contributed by atoms with Gasteiger partial charge in [-0.1, -0.05) is 6.42 Å². The third-order valence-corrected chi connectivity index (χ3v) is 5.56. The summed E-state index contributed by atoms with van der Waals surface area (Å²) in [7, 11) is 1.71. The predicted octanol–water partition coefficient (Wildman–Crippen LogP) is 1.94. The van der Waals surface area contributed by atoms with Crippen molar-refractivity contribution >= 4 is 35.8 Å². The summed E-state index contributed by atoms with van der Waals surface area (Å²) in [6, 6.07) is 0. The molecule has 1 saturated heterocycles. The van der Waals surface area contributed by atoms with Crippen LogP contribution in [-0.4, -0.2) is 58.2 Å². The van der Waals surface area contributed by atoms with Crippen LogP contribution < -0.4 is 10.6 Å². The predicted molar refractivity (Wildman–Crippen MR) is 121 cm³/mol. The van der Waals surface area contributed by atoms with Crippen LogP contribution in [0.15, 0.2) is 4.99 Å². The average Bonchev–Trinajstić information content (AvgIpc) is 2.92. The molecule has 9 heteroatoms. The lowest BCUT2D eigenvalue weighted by molar-refractivity contribution is -0.121. The molecule has 1 aromatic rings. The normalized spacial score (nSPS) is 18.1. The van der Waals surface area contributed by atoms with Gasteiger partial charge in [-0.25, -0.2) is 4.99 Å². The molecule has 0 atom stereocenters. The second kappa shape index (κ2) is 11.6. The number of carbonyl (C=O) groups is 1. The molecule has 3 heterocycles. The lowest BCUT2D eigenvalue weighted by atomic mass is 9.93. The quantitative estimate of drug-likeness (QED) is 0.365. The molecule has 0 radical (unpaired) electrons. The fourth-order valence-corrected chi connectivity index (χ4v) is 3.95. The van der Waals surface area contributed by atoms with E-state index in [0.717, 1.165) is 63.0 Å². The maximum absolute atomic E-state index is 11.6. The van der Waals surface area contributed by atoms with Gasteiger partial charge < -0.3 is 20.1 Å². The van der Waals surface area contributed by atoms with E-state index < -0.39 is 0 Å². The van der Waals surface area contributed by atoms with Crippen molar-refractivity contribution < 1.29 is 4.79 Å². The van der Waals surface area contributed by atoms with Gasteiger partial charge >= 0.3 is 0 Å². The van der Waals surface area contributed by atoms with Crippen molar-refractivity contribution in [3.8, 4) is 0 Å². The topological polar surface area (TPSA) is 87.4 Å². The first-order chi connectivity index (χ1) is 13.2. The molecule has 0 saturated carbocycles. The Bertz CT molecular complexity index is 653. The van der Waals surface area contributed by atoms with E-state index in [4.69, 9.17) is 4.99 Å². The first-order valence-electron chi connectivity index (χ1n) is 10.4. The highest BCUT2D eigenvalue weighted by molar-refractivity contribution is 14.0. The molecule has 0 aliphatic carbocycles. The third kappa shape index (κ3) is 6.05. The highest BCUT2D eigenvalue weighted by atomic mass is 127. The molecule has 2 aliphatic heterocycles. The van der Waals surface area contributed by atoms with Crippen LogP contribution in [0.2, 0.25) is 0 Å². The zero-order valence-electron chi connectivity index (χ0n) is 17.1. The Hall–Kier alpha value is -1.39. The van der Waals surface area contributed by atoms with E-state index >= 15 is 0 Å². The number of aliphatic imine (C=N–C) groups is 1. The van der Waals surface area contributed by atoms with E-state index in [-0.39, 0.29) is 29.9 Å². The number of amides is 1. The number of carbonyl (C=O) groups excluding carboxylic acids is 1. The molecule has 3 rings (SSSR count). The molecule has 1 amide bonds. The number of nitrogens with one attached hydrogen (secondary N) is 2. The molecular weight excluding hydrogens is 469 g/mol. The van der Waals surface area contributed by atoms with Crippen molar-refractivity contribution in [2.45, 2.75) is 65.0 Å². The number of likely N-dealkylation sites (tertiary alicyclic amines) is 1. The maximum Gasteiger partial charge on any atom is 0.220 e. The molecule has 8 nitrogen and oxygen atoms in total. The van der Waals surface area contributed by atoms with Crippen molar-refractivity contribution in [3.05, 3.63) is 11.6 Å². The first kappa shape index (κ1) is 22.9. The van der Waals surface area contributed by atoms with Crippen molar-refractivity contribution in [1.29, 1.82) is 0 Å². The molecule has 0 spiro atoms. The molecule has 1 aromatic heterocycles. The fraction of sp³-hybridized carbons (Fsp3) is 0.789. The molecule has 2 N–H and O–H groups in total. The van der Waals surface area contributed by atoms with Gasteiger partial charge in [-0.15, -0.1) is 34.2 Å². The van der Waals surface area contributed by atoms with Crippen molar-refractivity contribution in [3.63, 3.8) is 0 Å². The van der Waals surface area contributed by atoms with Crippen molar-refractivity contribution in [2.75, 3.05) is 26.7 Å². The number of halogens is 1. The van der Waals surface area contributed by atoms with Crippen molar-refractivity contribution in [2.24, 2.45) is 10.9 Å². The van der Waals surface area contributed by atoms with Gasteiger partial charge in [-0.3, -0.25) is 4.79 Å². The number of aromatic nitrogens is 3. The van der Waals surface area contributed by atoms with Crippen LogP contribution >= 0.6 is 24.0 Å². The highest BCUT2D eigenvalue weighted by Crippen LogP contribution is 2.21. The minimum Gasteiger partial charge on any atom is -0.359 e. The van der Waals surface area contributed by atoms with Gasteiger partial charge in [0.15, 0.2) is 11.8 Å². The average molecular weight is 503 g/mol. The van der Waals surface area contributed by atoms with E-state index in [9.17, 15) is 4.79 Å². The molecule has 0 aromatic carbocycles. The number of hydrogen-bond donors (Lipinski definition) is 2. The van der Waals surface area contributed by atoms with Crippen LogP contribution in [0, 0.1) is 5.92 Å². The van der Waals surface area contributed by atoms with Crippen LogP contribution in [0.25, 0.3) is 0 Å². The SMILES string of the molecule is CCNC(=NCc1nnc2n1CCCCC2)N1CCC(CC(=O)NC)CC1.I. The summed E-state index contributed by atoms with van der Waals surface area (Å²) < 4.78 is 2.26. The van der Waals surface area contributed by atoms with Crippen LogP contribution in [0.3, 0.4) is 0 Å². The van der Waals surface area contributed by atoms with E-state index in [1.165, 1.54) is 19.3 Å². The fourth-order valence-electron chi connectivity index (χ4n) is 3.95. The summed E-state index contributed by atoms with van der Waals surface area (Å²) in [6.45, 7) is 6.38. The highest BCUT2D eigenvalue weighted by Gasteiger charge is 2.23. The number of guanidine groups is 1. The standard InChI is InChI=1S/C19H33N7O.HI/c1-3-21-19(25-11-8-15(9-12-25)13-18(27)20-2)22-14-17-24-23-16-7-5-4-6-10-26(16)17;/h15H,3-14H2,1-2H3,(H,20,27)(H,21,22);1H. The van der Waals surface area contributed by atoms with E-state index in [1.807, 2.05) is 0 Å². The van der Waals surface area contributed by atoms with Gasteiger partial charge in [0.1, 0.15) is 12.4 Å². The van der Waals surface area contributed by atoms with Gasteiger partial charge in [0, 0.05) is 46.1 Å². The zero-order chi connectivity index (χ0) is 19.1. The van der Waals surface area contributed by atoms with E-state index in [0.29, 0.717) is 18.9 Å². The number of nitrogens with zero attached hydrogens (tertiary/aromatic N) is 5. The largest absolute Gasteiger partial charge is 0.359 e. The lowest BCUT2D eigenvalue weighted by Crippen LogP contribution is -2.46. The second-order valence-electron chi connectivity index (χ2n) is 7.47. The number of piperidine rings is 1. The Kier molecular flexibility index (Phi) is 9.46. The summed E-state index contributed by atoms with van der Waals surface area (Å²) in [4.78, 5) is 18.8. The van der Waals surface area contributed by atoms with E-state index in [1.54, 1.807) is 7.05 Å². The Balaban J connectivity index is 0.00000280. The smallest absolute Gasteiger partial charge is 0.220 e. The molecule has 158 valence electrons. The number of rotatable bonds is 5. The molecule has 0 bridgehead atoms. The van der Waals surface area contributed by atoms with Gasteiger partial charge in [0.2, 0.25) is 5.91 Å². The Labute approximate surface area is 185 Å². The number of aryl methyl sites for hydroxylation is 1. The summed E-state index contributed by atoms with van der Waals surface area (Å²) in [5.41, 5.74) is 0. The van der Waals surface area contributed by atoms with Crippen LogP contribution in [0.1, 0.15) is 57.1 Å². The molecule has 28 heavy (non-hydrogen) atoms. The molecule has 0 unspecified atom stereocenters. The van der Waals surface area contributed by atoms with Gasteiger partial charge in [-0.05, 0) is 38.5 Å². The van der Waals surface area contributed by atoms with Crippen LogP contribution in [0.4, 0.5) is 0 Å². The van der Waals surface area contributed by atoms with Gasteiger partial charge in [0.05, 0.1) is 0 Å². The minimum atomic E-state index is 0. The maximum atomic E-state index is 11.6. The first-order valence-corrected chi connectivity index (χ1v) is 10.4. The summed E-state index contributed by atoms with van der Waals surface area (Å²) in [5, 5.41) is 14.9. The third-order valence-electron chi connectivity index (χ3n) is 5.56. The lowest BCUT2D eigenvalue weighted by Gasteiger charge is -2.34. The molecular formula is C19H34IN7O.